The van der Waals surface area contributed by atoms with Gasteiger partial charge in [-0.15, -0.1) is 0 Å². The lowest BCUT2D eigenvalue weighted by Gasteiger charge is -2.33. The van der Waals surface area contributed by atoms with Gasteiger partial charge in [0.2, 0.25) is 0 Å². The summed E-state index contributed by atoms with van der Waals surface area (Å²) < 4.78 is 0. The van der Waals surface area contributed by atoms with E-state index in [0.29, 0.717) is 0 Å². The molecule has 0 bridgehead atoms. The van der Waals surface area contributed by atoms with E-state index in [2.05, 4.69) is 50.4 Å². The molecule has 1 aromatic carbocycles. The number of aliphatic hydroxyl groups is 1. The van der Waals surface area contributed by atoms with Crippen LogP contribution in [0.25, 0.3) is 0 Å². The molecule has 0 radical (unpaired) electrons. The van der Waals surface area contributed by atoms with Crippen molar-refractivity contribution in [2.75, 3.05) is 6.54 Å². The van der Waals surface area contributed by atoms with Gasteiger partial charge in [0.15, 0.2) is 0 Å². The Bertz CT molecular complexity index is 381. The fraction of sp³-hybridized carbons (Fsp3) is 0.600. The monoisotopic (exact) mass is 233 g/mol. The quantitative estimate of drug-likeness (QED) is 0.823. The van der Waals surface area contributed by atoms with Crippen LogP contribution in [-0.2, 0) is 6.42 Å². The van der Waals surface area contributed by atoms with Crippen molar-refractivity contribution in [3.8, 4) is 0 Å². The zero-order valence-electron chi connectivity index (χ0n) is 11.0. The van der Waals surface area contributed by atoms with Crippen molar-refractivity contribution in [1.82, 2.24) is 5.32 Å². The highest BCUT2D eigenvalue weighted by Gasteiger charge is 2.28. The van der Waals surface area contributed by atoms with E-state index in [9.17, 15) is 5.11 Å². The van der Waals surface area contributed by atoms with Gasteiger partial charge >= 0.3 is 0 Å². The molecule has 0 aromatic heterocycles. The summed E-state index contributed by atoms with van der Waals surface area (Å²) in [4.78, 5) is 0. The maximum Gasteiger partial charge on any atom is 0.0740 e. The Morgan fingerprint density at radius 3 is 2.76 bits per heavy atom. The first-order valence-electron chi connectivity index (χ1n) is 6.47. The predicted molar refractivity (Wildman–Crippen MR) is 71.0 cm³/mol. The van der Waals surface area contributed by atoms with E-state index in [1.165, 1.54) is 11.1 Å². The number of aliphatic hydroxyl groups excluding tert-OH is 1. The van der Waals surface area contributed by atoms with Gasteiger partial charge in [-0.25, -0.2) is 0 Å². The second-order valence-corrected chi connectivity index (χ2v) is 6.21. The maximum absolute atomic E-state index is 10.4. The van der Waals surface area contributed by atoms with Crippen LogP contribution in [0.3, 0.4) is 0 Å². The van der Waals surface area contributed by atoms with Gasteiger partial charge in [-0.1, -0.05) is 45.0 Å². The van der Waals surface area contributed by atoms with Crippen LogP contribution in [0.15, 0.2) is 24.3 Å². The molecule has 2 rings (SSSR count). The lowest BCUT2D eigenvalue weighted by Crippen LogP contribution is -2.39. The second kappa shape index (κ2) is 4.79. The molecule has 1 aromatic rings. The van der Waals surface area contributed by atoms with Crippen LogP contribution in [0.5, 0.6) is 0 Å². The molecule has 17 heavy (non-hydrogen) atoms. The third-order valence-electron chi connectivity index (χ3n) is 3.36. The second-order valence-electron chi connectivity index (χ2n) is 6.21. The van der Waals surface area contributed by atoms with Crippen molar-refractivity contribution in [2.24, 2.45) is 5.41 Å². The van der Waals surface area contributed by atoms with Crippen LogP contribution in [-0.4, -0.2) is 17.8 Å². The zero-order valence-corrected chi connectivity index (χ0v) is 11.0. The van der Waals surface area contributed by atoms with E-state index >= 15 is 0 Å². The molecule has 2 atom stereocenters. The van der Waals surface area contributed by atoms with E-state index in [-0.39, 0.29) is 17.6 Å². The van der Waals surface area contributed by atoms with Crippen molar-refractivity contribution in [2.45, 2.75) is 45.8 Å². The minimum absolute atomic E-state index is 0.0965. The Kier molecular flexibility index (Phi) is 3.55. The largest absolute Gasteiger partial charge is 0.391 e. The Morgan fingerprint density at radius 2 is 2.06 bits per heavy atom. The third kappa shape index (κ3) is 3.08. The molecule has 2 heteroatoms. The Hall–Kier alpha value is -0.860. The van der Waals surface area contributed by atoms with E-state index in [0.717, 1.165) is 19.4 Å². The summed E-state index contributed by atoms with van der Waals surface area (Å²) in [6.45, 7) is 7.48. The van der Waals surface area contributed by atoms with Crippen molar-refractivity contribution < 1.29 is 5.11 Å². The molecule has 0 amide bonds. The lowest BCUT2D eigenvalue weighted by molar-refractivity contribution is 0.0807. The number of rotatable bonds is 2. The molecular formula is C15H23NO. The molecule has 0 aliphatic carbocycles. The fourth-order valence-corrected chi connectivity index (χ4v) is 2.63. The summed E-state index contributed by atoms with van der Waals surface area (Å²) in [5.74, 6) is 0. The average molecular weight is 233 g/mol. The smallest absolute Gasteiger partial charge is 0.0740 e. The van der Waals surface area contributed by atoms with Crippen molar-refractivity contribution in [3.05, 3.63) is 35.4 Å². The average Bonchev–Trinajstić information content (AvgIpc) is 2.26. The van der Waals surface area contributed by atoms with Crippen LogP contribution in [0.1, 0.15) is 44.4 Å². The van der Waals surface area contributed by atoms with E-state index in [4.69, 9.17) is 0 Å². The summed E-state index contributed by atoms with van der Waals surface area (Å²) in [5.41, 5.74) is 2.81. The highest BCUT2D eigenvalue weighted by molar-refractivity contribution is 5.33. The van der Waals surface area contributed by atoms with Crippen molar-refractivity contribution >= 4 is 0 Å². The van der Waals surface area contributed by atoms with Crippen LogP contribution >= 0.6 is 0 Å². The molecule has 1 heterocycles. The first kappa shape index (κ1) is 12.6. The van der Waals surface area contributed by atoms with Crippen LogP contribution in [0, 0.1) is 5.41 Å². The normalized spacial score (nSPS) is 22.0. The molecule has 1 aliphatic rings. The molecule has 0 saturated carbocycles. The minimum atomic E-state index is -0.309. The Balaban J connectivity index is 2.18. The van der Waals surface area contributed by atoms with Gasteiger partial charge in [-0.3, -0.25) is 0 Å². The Morgan fingerprint density at radius 1 is 1.35 bits per heavy atom. The van der Waals surface area contributed by atoms with Crippen LogP contribution in [0.2, 0.25) is 0 Å². The SMILES string of the molecule is CC(C)(C)CC(O)C1NCCc2ccccc21. The summed E-state index contributed by atoms with van der Waals surface area (Å²) in [6.07, 6.45) is 1.57. The number of nitrogens with one attached hydrogen (secondary N) is 1. The number of hydrogen-bond acceptors (Lipinski definition) is 2. The van der Waals surface area contributed by atoms with Gasteiger partial charge in [0, 0.05) is 0 Å². The minimum Gasteiger partial charge on any atom is -0.391 e. The first-order valence-corrected chi connectivity index (χ1v) is 6.47. The van der Waals surface area contributed by atoms with Crippen molar-refractivity contribution in [1.29, 1.82) is 0 Å². The Labute approximate surface area is 104 Å². The van der Waals surface area contributed by atoms with E-state index in [1.807, 2.05) is 0 Å². The molecule has 0 spiro atoms. The topological polar surface area (TPSA) is 32.3 Å². The first-order chi connectivity index (χ1) is 7.97. The number of hydrogen-bond donors (Lipinski definition) is 2. The molecule has 1 aliphatic heterocycles. The molecule has 2 nitrogen and oxygen atoms in total. The van der Waals surface area contributed by atoms with Crippen LogP contribution < -0.4 is 5.32 Å². The predicted octanol–water partition coefficient (Wildman–Crippen LogP) is 2.67. The highest BCUT2D eigenvalue weighted by Crippen LogP contribution is 2.31. The van der Waals surface area contributed by atoms with E-state index < -0.39 is 0 Å². The van der Waals surface area contributed by atoms with Gasteiger partial charge in [0.25, 0.3) is 0 Å². The standard InChI is InChI=1S/C15H23NO/c1-15(2,3)10-13(17)14-12-7-5-4-6-11(12)8-9-16-14/h4-7,13-14,16-17H,8-10H2,1-3H3. The summed E-state index contributed by atoms with van der Waals surface area (Å²) >= 11 is 0. The van der Waals surface area contributed by atoms with Gasteiger partial charge < -0.3 is 10.4 Å². The van der Waals surface area contributed by atoms with Gasteiger partial charge in [-0.2, -0.15) is 0 Å². The summed E-state index contributed by atoms with van der Waals surface area (Å²) in [5, 5.41) is 13.8. The van der Waals surface area contributed by atoms with Gasteiger partial charge in [0.05, 0.1) is 12.1 Å². The summed E-state index contributed by atoms with van der Waals surface area (Å²) in [6, 6.07) is 8.55. The van der Waals surface area contributed by atoms with Gasteiger partial charge in [0.1, 0.15) is 0 Å². The zero-order chi connectivity index (χ0) is 12.5. The molecular weight excluding hydrogens is 210 g/mol. The third-order valence-corrected chi connectivity index (χ3v) is 3.36. The molecule has 2 N–H and O–H groups in total. The number of fused-ring (bicyclic) bond motifs is 1. The van der Waals surface area contributed by atoms with Crippen LogP contribution in [0.4, 0.5) is 0 Å². The highest BCUT2D eigenvalue weighted by atomic mass is 16.3. The number of benzene rings is 1. The molecule has 94 valence electrons. The molecule has 0 fully saturated rings. The van der Waals surface area contributed by atoms with Crippen molar-refractivity contribution in [3.63, 3.8) is 0 Å². The fourth-order valence-electron chi connectivity index (χ4n) is 2.63. The maximum atomic E-state index is 10.4. The van der Waals surface area contributed by atoms with Gasteiger partial charge in [-0.05, 0) is 35.9 Å². The lowest BCUT2D eigenvalue weighted by atomic mass is 9.83. The molecule has 2 unspecified atom stereocenters. The summed E-state index contributed by atoms with van der Waals surface area (Å²) in [7, 11) is 0. The molecule has 0 saturated heterocycles. The van der Waals surface area contributed by atoms with E-state index in [1.54, 1.807) is 0 Å².